The molecule has 4 amide bonds. The van der Waals surface area contributed by atoms with E-state index < -0.39 is 59.6 Å². The Morgan fingerprint density at radius 2 is 1.70 bits per heavy atom. The van der Waals surface area contributed by atoms with E-state index in [0.717, 1.165) is 22.5 Å². The van der Waals surface area contributed by atoms with Crippen molar-refractivity contribution in [2.75, 3.05) is 72.3 Å². The minimum atomic E-state index is -1.61. The highest BCUT2D eigenvalue weighted by atomic mass is 79.9. The topological polar surface area (TPSA) is 230 Å². The Morgan fingerprint density at radius 3 is 2.38 bits per heavy atom. The van der Waals surface area contributed by atoms with Gasteiger partial charge in [0.25, 0.3) is 5.91 Å². The van der Waals surface area contributed by atoms with Gasteiger partial charge in [-0.25, -0.2) is 19.6 Å². The molecule has 0 spiro atoms. The summed E-state index contributed by atoms with van der Waals surface area (Å²) >= 11 is 13.7. The third-order valence-electron chi connectivity index (χ3n) is 13.2. The summed E-state index contributed by atoms with van der Waals surface area (Å²) in [5.74, 6) is -2.00. The molecule has 398 valence electrons. The monoisotopic (exact) mass is 1160 g/mol. The lowest BCUT2D eigenvalue weighted by Gasteiger charge is -2.39. The van der Waals surface area contributed by atoms with Crippen LogP contribution >= 0.6 is 43.5 Å². The summed E-state index contributed by atoms with van der Waals surface area (Å²) < 4.78 is 40.5. The Hall–Kier alpha value is -4.74. The molecule has 7 atom stereocenters. The maximum atomic E-state index is 14.3. The number of methoxy groups -OCH3 is 1. The van der Waals surface area contributed by atoms with Crippen LogP contribution in [0.15, 0.2) is 54.1 Å². The number of likely N-dealkylation sites (N-methyl/N-ethyl adjacent to an activating group) is 1. The number of hydrogen-bond acceptors (Lipinski definition) is 15. The minimum absolute atomic E-state index is 0.0334. The number of carbonyl (C=O) groups excluding carboxylic acids is 5. The fourth-order valence-corrected chi connectivity index (χ4v) is 9.86. The summed E-state index contributed by atoms with van der Waals surface area (Å²) in [5.41, 5.74) is 2.77. The van der Waals surface area contributed by atoms with Crippen LogP contribution < -0.4 is 20.3 Å². The van der Waals surface area contributed by atoms with Gasteiger partial charge in [-0.2, -0.15) is 0 Å². The van der Waals surface area contributed by atoms with Crippen LogP contribution in [-0.4, -0.2) is 153 Å². The number of allylic oxidation sites excluding steroid dienone is 3. The molecular formula is C51H65Br2ClN6O13. The first kappa shape index (κ1) is 57.5. The Labute approximate surface area is 447 Å². The van der Waals surface area contributed by atoms with E-state index in [1.807, 2.05) is 26.0 Å². The summed E-state index contributed by atoms with van der Waals surface area (Å²) in [6.45, 7) is 8.69. The fraction of sp³-hybridized carbons (Fsp3) is 0.549. The van der Waals surface area contributed by atoms with Gasteiger partial charge in [0.15, 0.2) is 0 Å². The lowest BCUT2D eigenvalue weighted by atomic mass is 9.84. The van der Waals surface area contributed by atoms with E-state index in [-0.39, 0.29) is 68.9 Å². The molecule has 0 saturated carbocycles. The molecule has 3 aliphatic rings. The molecular weight excluding hydrogens is 1100 g/mol. The summed E-state index contributed by atoms with van der Waals surface area (Å²) in [6, 6.07) is 7.73. The number of alkyl carbamates (subject to hydrolysis) is 1. The van der Waals surface area contributed by atoms with Gasteiger partial charge < -0.3 is 53.4 Å². The number of anilines is 1. The number of amides is 4. The van der Waals surface area contributed by atoms with Crippen molar-refractivity contribution in [2.24, 2.45) is 5.92 Å². The predicted octanol–water partition coefficient (Wildman–Crippen LogP) is 6.49. The molecule has 3 N–H and O–H groups in total. The van der Waals surface area contributed by atoms with Crippen molar-refractivity contribution in [1.82, 2.24) is 25.5 Å². The van der Waals surface area contributed by atoms with Gasteiger partial charge in [-0.1, -0.05) is 74.2 Å². The molecule has 3 aromatic rings. The summed E-state index contributed by atoms with van der Waals surface area (Å²) in [5, 5.41) is 18.2. The number of ether oxygens (including phenoxy) is 7. The Bertz CT molecular complexity index is 2550. The lowest BCUT2D eigenvalue weighted by molar-refractivity contribution is -0.162. The number of epoxide rings is 1. The van der Waals surface area contributed by atoms with Gasteiger partial charge in [0, 0.05) is 55.6 Å². The first-order chi connectivity index (χ1) is 34.8. The van der Waals surface area contributed by atoms with Crippen molar-refractivity contribution in [3.05, 3.63) is 81.7 Å². The minimum Gasteiger partial charge on any atom is -0.495 e. The lowest BCUT2D eigenvalue weighted by Crippen LogP contribution is -2.57. The second-order valence-corrected chi connectivity index (χ2v) is 20.0. The molecule has 0 aliphatic carbocycles. The van der Waals surface area contributed by atoms with Crippen LogP contribution in [0.5, 0.6) is 5.75 Å². The number of fused-ring (bicyclic) bond motifs is 6. The number of carbonyl (C=O) groups is 5. The molecule has 2 aromatic carbocycles. The summed E-state index contributed by atoms with van der Waals surface area (Å²) in [6.07, 6.45) is 2.32. The standard InChI is InChI=1S/C51H65Br2ClN6O13/c1-30-10-8-9-14-51(66)27-41(71-49(65)58-51)31(2)46-50(4,73-46)42(26-44(62)60(6)39-23-33(22-30)24-40(67-7)45(39)54)72-48(64)32(3)59(5)43(61)13-16-68-18-20-70-21-19-69-17-15-55-47(63)34-11-12-35-36(25-34)57-38(29-53)37(28-52)56-35/h8-12,23-25,31-32,41-42,46,66H,13-22,26-29H2,1-7H3,(H,55,63)(H,58,65)/b9-8+,30-10+/t31-,32-,41+,42+,46?,50+,51-/m1/s1. The predicted molar refractivity (Wildman–Crippen MR) is 279 cm³/mol. The van der Waals surface area contributed by atoms with Crippen LogP contribution in [0.4, 0.5) is 10.5 Å². The molecule has 0 radical (unpaired) electrons. The Balaban J connectivity index is 0.973. The highest BCUT2D eigenvalue weighted by molar-refractivity contribution is 9.09. The first-order valence-corrected chi connectivity index (χ1v) is 26.7. The fourth-order valence-electron chi connectivity index (χ4n) is 8.65. The van der Waals surface area contributed by atoms with Crippen LogP contribution in [0.3, 0.4) is 0 Å². The van der Waals surface area contributed by atoms with Crippen molar-refractivity contribution >= 4 is 90.0 Å². The number of halogens is 3. The quantitative estimate of drug-likeness (QED) is 0.0504. The van der Waals surface area contributed by atoms with E-state index in [4.69, 9.17) is 44.8 Å². The number of rotatable bonds is 19. The molecule has 1 unspecified atom stereocenters. The molecule has 6 rings (SSSR count). The molecule has 73 heavy (non-hydrogen) atoms. The smallest absolute Gasteiger partial charge is 0.409 e. The van der Waals surface area contributed by atoms with Crippen LogP contribution in [0.2, 0.25) is 5.02 Å². The third-order valence-corrected chi connectivity index (χ3v) is 14.7. The molecule has 19 nitrogen and oxygen atoms in total. The first-order valence-electron chi connectivity index (χ1n) is 24.0. The van der Waals surface area contributed by atoms with Crippen LogP contribution in [0.1, 0.15) is 80.7 Å². The van der Waals surface area contributed by atoms with Crippen molar-refractivity contribution in [1.29, 1.82) is 0 Å². The SMILES string of the molecule is COc1cc2cc(c1Cl)N(C)C(=O)C[C@H](OC(=O)[C@@H](C)N(C)C(=O)CCOCCOCCOCCNC(=O)c1ccc3nc(CBr)c(CBr)nc3c1)[C@]1(C)OC1[C@H](C)[C@@H]1C[C@](O)(C/C=C/C=C(\C)C2)NC(=O)O1. The van der Waals surface area contributed by atoms with E-state index in [0.29, 0.717) is 64.9 Å². The molecule has 3 aliphatic heterocycles. The van der Waals surface area contributed by atoms with E-state index in [1.54, 1.807) is 50.4 Å². The number of nitrogens with one attached hydrogen (secondary N) is 2. The molecule has 1 aromatic heterocycles. The van der Waals surface area contributed by atoms with E-state index >= 15 is 0 Å². The summed E-state index contributed by atoms with van der Waals surface area (Å²) in [4.78, 5) is 78.9. The zero-order valence-electron chi connectivity index (χ0n) is 42.2. The van der Waals surface area contributed by atoms with E-state index in [9.17, 15) is 29.1 Å². The maximum absolute atomic E-state index is 14.3. The number of hydrogen-bond donors (Lipinski definition) is 3. The number of aromatic nitrogens is 2. The van der Waals surface area contributed by atoms with Gasteiger partial charge >= 0.3 is 12.1 Å². The third kappa shape index (κ3) is 15.0. The maximum Gasteiger partial charge on any atom is 0.409 e. The molecule has 4 bridgehead atoms. The summed E-state index contributed by atoms with van der Waals surface area (Å²) in [7, 11) is 4.54. The van der Waals surface area contributed by atoms with Gasteiger partial charge in [-0.15, -0.1) is 0 Å². The number of nitrogens with zero attached hydrogens (tertiary/aromatic N) is 4. The molecule has 4 heterocycles. The Morgan fingerprint density at radius 1 is 1.03 bits per heavy atom. The highest BCUT2D eigenvalue weighted by Crippen LogP contribution is 2.49. The Kier molecular flexibility index (Phi) is 20.6. The zero-order valence-corrected chi connectivity index (χ0v) is 46.1. The van der Waals surface area contributed by atoms with Gasteiger partial charge in [0.2, 0.25) is 11.8 Å². The van der Waals surface area contributed by atoms with Gasteiger partial charge in [0.05, 0.1) is 93.8 Å². The number of esters is 1. The van der Waals surface area contributed by atoms with E-state index in [1.165, 1.54) is 30.9 Å². The van der Waals surface area contributed by atoms with Crippen LogP contribution in [0.25, 0.3) is 11.0 Å². The average Bonchev–Trinajstić information content (AvgIpc) is 4.07. The van der Waals surface area contributed by atoms with Gasteiger partial charge in [0.1, 0.15) is 40.3 Å². The molecule has 2 fully saturated rings. The number of benzene rings is 2. The van der Waals surface area contributed by atoms with Crippen molar-refractivity contribution in [3.63, 3.8) is 0 Å². The second-order valence-electron chi connectivity index (χ2n) is 18.5. The van der Waals surface area contributed by atoms with Crippen molar-refractivity contribution < 1.29 is 62.2 Å². The number of aliphatic hydroxyl groups is 1. The van der Waals surface area contributed by atoms with Crippen molar-refractivity contribution in [3.8, 4) is 5.75 Å². The number of alkyl halides is 2. The zero-order chi connectivity index (χ0) is 53.0. The van der Waals surface area contributed by atoms with Gasteiger partial charge in [-0.05, 0) is 63.1 Å². The van der Waals surface area contributed by atoms with Crippen molar-refractivity contribution in [2.45, 2.75) is 106 Å². The van der Waals surface area contributed by atoms with Gasteiger partial charge in [-0.3, -0.25) is 19.7 Å². The normalized spacial score (nSPS) is 24.8. The molecule has 2 saturated heterocycles. The second kappa shape index (κ2) is 26.2. The van der Waals surface area contributed by atoms with Crippen LogP contribution in [-0.2, 0) is 59.9 Å². The largest absolute Gasteiger partial charge is 0.495 e. The van der Waals surface area contributed by atoms with E-state index in [2.05, 4.69) is 52.5 Å². The van der Waals surface area contributed by atoms with Crippen LogP contribution in [0, 0.1) is 5.92 Å². The average molecular weight is 1170 g/mol. The highest BCUT2D eigenvalue weighted by Gasteiger charge is 2.64. The molecule has 22 heteroatoms.